The first-order valence-corrected chi connectivity index (χ1v) is 4.47. The highest BCUT2D eigenvalue weighted by Gasteiger charge is 2.09. The SMILES string of the molecule is CC1=CC(NC(C)C)NC(C)=C1. The van der Waals surface area contributed by atoms with Gasteiger partial charge in [-0.2, -0.15) is 0 Å². The molecule has 0 aromatic carbocycles. The minimum atomic E-state index is 0.301. The van der Waals surface area contributed by atoms with Gasteiger partial charge in [0.1, 0.15) is 0 Å². The molecule has 2 N–H and O–H groups in total. The molecule has 2 heteroatoms. The van der Waals surface area contributed by atoms with Crippen molar-refractivity contribution in [2.24, 2.45) is 0 Å². The van der Waals surface area contributed by atoms with E-state index in [0.29, 0.717) is 12.2 Å². The monoisotopic (exact) mass is 166 g/mol. The van der Waals surface area contributed by atoms with Gasteiger partial charge in [0.15, 0.2) is 0 Å². The maximum atomic E-state index is 3.41. The zero-order valence-corrected chi connectivity index (χ0v) is 8.31. The molecule has 2 nitrogen and oxygen atoms in total. The maximum Gasteiger partial charge on any atom is 0.0965 e. The number of nitrogens with one attached hydrogen (secondary N) is 2. The molecule has 0 aromatic heterocycles. The largest absolute Gasteiger partial charge is 0.370 e. The van der Waals surface area contributed by atoms with Gasteiger partial charge in [-0.15, -0.1) is 0 Å². The Bertz CT molecular complexity index is 214. The maximum absolute atomic E-state index is 3.41. The molecule has 1 rings (SSSR count). The Morgan fingerprint density at radius 3 is 2.58 bits per heavy atom. The molecule has 0 spiro atoms. The molecule has 1 aliphatic heterocycles. The van der Waals surface area contributed by atoms with Gasteiger partial charge in [-0.3, -0.25) is 5.32 Å². The third-order valence-corrected chi connectivity index (χ3v) is 1.77. The molecular formula is C10H18N2. The highest BCUT2D eigenvalue weighted by atomic mass is 15.1. The first kappa shape index (κ1) is 9.33. The average Bonchev–Trinajstić information content (AvgIpc) is 1.81. The van der Waals surface area contributed by atoms with E-state index in [2.05, 4.69) is 50.5 Å². The van der Waals surface area contributed by atoms with Crippen molar-refractivity contribution in [1.82, 2.24) is 10.6 Å². The molecule has 0 saturated heterocycles. The fraction of sp³-hybridized carbons (Fsp3) is 0.600. The van der Waals surface area contributed by atoms with E-state index in [9.17, 15) is 0 Å². The number of allylic oxidation sites excluding steroid dienone is 3. The van der Waals surface area contributed by atoms with Crippen molar-refractivity contribution in [3.05, 3.63) is 23.4 Å². The summed E-state index contributed by atoms with van der Waals surface area (Å²) in [7, 11) is 0. The third kappa shape index (κ3) is 2.70. The summed E-state index contributed by atoms with van der Waals surface area (Å²) < 4.78 is 0. The van der Waals surface area contributed by atoms with Crippen molar-refractivity contribution in [1.29, 1.82) is 0 Å². The van der Waals surface area contributed by atoms with Gasteiger partial charge in [-0.05, 0) is 39.8 Å². The Balaban J connectivity index is 2.55. The van der Waals surface area contributed by atoms with E-state index in [4.69, 9.17) is 0 Å². The molecule has 0 fully saturated rings. The van der Waals surface area contributed by atoms with Gasteiger partial charge in [-0.25, -0.2) is 0 Å². The summed E-state index contributed by atoms with van der Waals surface area (Å²) in [5.74, 6) is 0. The normalized spacial score (nSPS) is 23.2. The molecule has 0 saturated carbocycles. The predicted octanol–water partition coefficient (Wildman–Crippen LogP) is 1.76. The van der Waals surface area contributed by atoms with Crippen LogP contribution in [0, 0.1) is 0 Å². The van der Waals surface area contributed by atoms with Crippen LogP contribution in [-0.2, 0) is 0 Å². The smallest absolute Gasteiger partial charge is 0.0965 e. The Labute approximate surface area is 74.7 Å². The van der Waals surface area contributed by atoms with Crippen molar-refractivity contribution >= 4 is 0 Å². The van der Waals surface area contributed by atoms with E-state index in [1.807, 2.05) is 0 Å². The fourth-order valence-electron chi connectivity index (χ4n) is 1.43. The average molecular weight is 166 g/mol. The van der Waals surface area contributed by atoms with Crippen LogP contribution in [-0.4, -0.2) is 12.2 Å². The van der Waals surface area contributed by atoms with Crippen LogP contribution < -0.4 is 10.6 Å². The van der Waals surface area contributed by atoms with E-state index in [1.54, 1.807) is 0 Å². The van der Waals surface area contributed by atoms with E-state index >= 15 is 0 Å². The van der Waals surface area contributed by atoms with Gasteiger partial charge in [-0.1, -0.05) is 5.57 Å². The molecule has 1 aliphatic rings. The molecule has 0 radical (unpaired) electrons. The van der Waals surface area contributed by atoms with Crippen LogP contribution >= 0.6 is 0 Å². The molecule has 0 aromatic rings. The number of hydrogen-bond acceptors (Lipinski definition) is 2. The topological polar surface area (TPSA) is 24.1 Å². The molecule has 0 amide bonds. The van der Waals surface area contributed by atoms with E-state index in [0.717, 1.165) is 0 Å². The minimum Gasteiger partial charge on any atom is -0.370 e. The van der Waals surface area contributed by atoms with Crippen molar-refractivity contribution < 1.29 is 0 Å². The second-order valence-corrected chi connectivity index (χ2v) is 3.68. The van der Waals surface area contributed by atoms with E-state index < -0.39 is 0 Å². The molecule has 1 unspecified atom stereocenters. The van der Waals surface area contributed by atoms with Gasteiger partial charge < -0.3 is 5.32 Å². The standard InChI is InChI=1S/C10H18N2/c1-7(2)11-10-6-8(3)5-9(4)12-10/h5-7,10-12H,1-4H3. The molecule has 0 aliphatic carbocycles. The van der Waals surface area contributed by atoms with Crippen molar-refractivity contribution in [2.45, 2.75) is 39.9 Å². The van der Waals surface area contributed by atoms with Gasteiger partial charge in [0, 0.05) is 11.7 Å². The second-order valence-electron chi connectivity index (χ2n) is 3.68. The molecule has 1 heterocycles. The van der Waals surface area contributed by atoms with Gasteiger partial charge in [0.2, 0.25) is 0 Å². The summed E-state index contributed by atoms with van der Waals surface area (Å²) in [6.07, 6.45) is 4.65. The molecule has 0 bridgehead atoms. The summed E-state index contributed by atoms with van der Waals surface area (Å²) in [5, 5.41) is 6.77. The highest BCUT2D eigenvalue weighted by Crippen LogP contribution is 2.07. The summed E-state index contributed by atoms with van der Waals surface area (Å²) in [6.45, 7) is 8.52. The van der Waals surface area contributed by atoms with Crippen molar-refractivity contribution in [2.75, 3.05) is 0 Å². The van der Waals surface area contributed by atoms with Crippen molar-refractivity contribution in [3.8, 4) is 0 Å². The van der Waals surface area contributed by atoms with E-state index in [-0.39, 0.29) is 0 Å². The van der Waals surface area contributed by atoms with Crippen LogP contribution in [0.15, 0.2) is 23.4 Å². The zero-order chi connectivity index (χ0) is 9.14. The third-order valence-electron chi connectivity index (χ3n) is 1.77. The number of dihydropyridines is 1. The summed E-state index contributed by atoms with van der Waals surface area (Å²) >= 11 is 0. The van der Waals surface area contributed by atoms with Crippen LogP contribution in [0.1, 0.15) is 27.7 Å². The first-order chi connectivity index (χ1) is 5.58. The van der Waals surface area contributed by atoms with Crippen LogP contribution in [0.5, 0.6) is 0 Å². The van der Waals surface area contributed by atoms with Crippen LogP contribution in [0.3, 0.4) is 0 Å². The Morgan fingerprint density at radius 1 is 1.42 bits per heavy atom. The first-order valence-electron chi connectivity index (χ1n) is 4.47. The summed E-state index contributed by atoms with van der Waals surface area (Å²) in [5.41, 5.74) is 2.55. The molecule has 1 atom stereocenters. The fourth-order valence-corrected chi connectivity index (χ4v) is 1.43. The number of rotatable bonds is 2. The zero-order valence-electron chi connectivity index (χ0n) is 8.31. The van der Waals surface area contributed by atoms with Crippen LogP contribution in [0.4, 0.5) is 0 Å². The van der Waals surface area contributed by atoms with Crippen LogP contribution in [0.25, 0.3) is 0 Å². The second kappa shape index (κ2) is 3.76. The highest BCUT2D eigenvalue weighted by molar-refractivity contribution is 5.26. The molecule has 68 valence electrons. The van der Waals surface area contributed by atoms with E-state index in [1.165, 1.54) is 11.3 Å². The lowest BCUT2D eigenvalue weighted by atomic mass is 10.1. The summed E-state index contributed by atoms with van der Waals surface area (Å²) in [4.78, 5) is 0. The molecule has 12 heavy (non-hydrogen) atoms. The van der Waals surface area contributed by atoms with Crippen LogP contribution in [0.2, 0.25) is 0 Å². The lowest BCUT2D eigenvalue weighted by Crippen LogP contribution is -2.44. The lowest BCUT2D eigenvalue weighted by Gasteiger charge is -2.24. The van der Waals surface area contributed by atoms with Gasteiger partial charge >= 0.3 is 0 Å². The minimum absolute atomic E-state index is 0.301. The van der Waals surface area contributed by atoms with Gasteiger partial charge in [0.25, 0.3) is 0 Å². The predicted molar refractivity (Wildman–Crippen MR) is 52.7 cm³/mol. The Hall–Kier alpha value is -0.760. The Kier molecular flexibility index (Phi) is 2.93. The Morgan fingerprint density at radius 2 is 2.08 bits per heavy atom. The van der Waals surface area contributed by atoms with Crippen molar-refractivity contribution in [3.63, 3.8) is 0 Å². The molecular weight excluding hydrogens is 148 g/mol. The lowest BCUT2D eigenvalue weighted by molar-refractivity contribution is 0.476. The quantitative estimate of drug-likeness (QED) is 0.653. The number of hydrogen-bond donors (Lipinski definition) is 2. The van der Waals surface area contributed by atoms with Gasteiger partial charge in [0.05, 0.1) is 6.17 Å². The summed E-state index contributed by atoms with van der Waals surface area (Å²) in [6, 6.07) is 0.512.